The highest BCUT2D eigenvalue weighted by molar-refractivity contribution is 6.30. The molecule has 1 saturated carbocycles. The summed E-state index contributed by atoms with van der Waals surface area (Å²) < 4.78 is 0. The number of nitrogens with zero attached hydrogens (tertiary/aromatic N) is 2. The number of halogens is 1. The van der Waals surface area contributed by atoms with Crippen molar-refractivity contribution < 1.29 is 4.79 Å². The van der Waals surface area contributed by atoms with Gasteiger partial charge in [-0.15, -0.1) is 0 Å². The summed E-state index contributed by atoms with van der Waals surface area (Å²) in [4.78, 5) is 19.1. The van der Waals surface area contributed by atoms with Crippen molar-refractivity contribution >= 4 is 17.6 Å². The number of hydrogen-bond acceptors (Lipinski definition) is 4. The van der Waals surface area contributed by atoms with E-state index in [4.69, 9.17) is 11.6 Å². The second kappa shape index (κ2) is 7.59. The first-order valence-corrected chi connectivity index (χ1v) is 10.7. The first-order chi connectivity index (χ1) is 14.1. The number of aromatic nitrogens is 1. The molecule has 2 saturated heterocycles. The number of carbonyl (C=O) groups is 1. The lowest BCUT2D eigenvalue weighted by Gasteiger charge is -2.45. The number of hydrazine groups is 1. The number of nitrogens with one attached hydrogen (secondary N) is 3. The number of aryl methyl sites for hydroxylation is 1. The second-order valence-electron chi connectivity index (χ2n) is 8.57. The Morgan fingerprint density at radius 3 is 2.86 bits per heavy atom. The molecule has 29 heavy (non-hydrogen) atoms. The average Bonchev–Trinajstić information content (AvgIpc) is 3.10. The standard InChI is InChI=1S/C22H26ClN5O/c1-13-5-6-15(10-24-13)21-18-8-16-12-28(11-14-3-2-4-17(23)7-14)22(29)25-19(16)9-20(18)26-27-21/h2-7,10,16,18-21,26-27H,8-9,11-12H2,1H3,(H,25,29). The number of pyridine rings is 1. The average molecular weight is 412 g/mol. The summed E-state index contributed by atoms with van der Waals surface area (Å²) in [6.45, 7) is 3.38. The van der Waals surface area contributed by atoms with Gasteiger partial charge in [0.2, 0.25) is 0 Å². The van der Waals surface area contributed by atoms with E-state index >= 15 is 0 Å². The first kappa shape index (κ1) is 18.9. The van der Waals surface area contributed by atoms with Crippen molar-refractivity contribution in [3.05, 3.63) is 64.4 Å². The highest BCUT2D eigenvalue weighted by atomic mass is 35.5. The SMILES string of the molecule is Cc1ccc(C2NNC3CC4NC(=O)N(Cc5cccc(Cl)c5)CC4CC32)cn1. The molecule has 0 bridgehead atoms. The summed E-state index contributed by atoms with van der Waals surface area (Å²) in [7, 11) is 0. The Kier molecular flexibility index (Phi) is 4.94. The van der Waals surface area contributed by atoms with E-state index in [1.54, 1.807) is 0 Å². The van der Waals surface area contributed by atoms with Crippen molar-refractivity contribution in [3.63, 3.8) is 0 Å². The maximum atomic E-state index is 12.7. The van der Waals surface area contributed by atoms with Gasteiger partial charge in [0.05, 0.1) is 6.04 Å². The van der Waals surface area contributed by atoms with E-state index in [2.05, 4.69) is 33.3 Å². The molecular weight excluding hydrogens is 386 g/mol. The Bertz CT molecular complexity index is 904. The minimum atomic E-state index is 0.0231. The molecule has 2 amide bonds. The maximum Gasteiger partial charge on any atom is 0.317 e. The van der Waals surface area contributed by atoms with Crippen LogP contribution >= 0.6 is 11.6 Å². The van der Waals surface area contributed by atoms with Crippen molar-refractivity contribution in [1.82, 2.24) is 26.1 Å². The highest BCUT2D eigenvalue weighted by Crippen LogP contribution is 2.41. The zero-order chi connectivity index (χ0) is 20.0. The summed E-state index contributed by atoms with van der Waals surface area (Å²) in [6.07, 6.45) is 4.01. The lowest BCUT2D eigenvalue weighted by atomic mass is 9.71. The summed E-state index contributed by atoms with van der Waals surface area (Å²) >= 11 is 6.12. The number of urea groups is 1. The molecule has 1 aromatic carbocycles. The molecule has 7 heteroatoms. The zero-order valence-electron chi connectivity index (χ0n) is 16.4. The highest BCUT2D eigenvalue weighted by Gasteiger charge is 2.47. The van der Waals surface area contributed by atoms with Crippen LogP contribution in [0.3, 0.4) is 0 Å². The first-order valence-electron chi connectivity index (χ1n) is 10.3. The van der Waals surface area contributed by atoms with Crippen molar-refractivity contribution in [2.45, 2.75) is 44.4 Å². The largest absolute Gasteiger partial charge is 0.335 e. The normalized spacial score (nSPS) is 31.2. The number of benzene rings is 1. The summed E-state index contributed by atoms with van der Waals surface area (Å²) in [6, 6.07) is 12.9. The molecule has 3 N–H and O–H groups in total. The molecule has 0 radical (unpaired) electrons. The molecule has 0 spiro atoms. The predicted molar refractivity (Wildman–Crippen MR) is 112 cm³/mol. The van der Waals surface area contributed by atoms with Gasteiger partial charge in [-0.3, -0.25) is 10.4 Å². The van der Waals surface area contributed by atoms with Gasteiger partial charge in [-0.05, 0) is 60.9 Å². The molecule has 2 aliphatic heterocycles. The van der Waals surface area contributed by atoms with Gasteiger partial charge in [0.25, 0.3) is 0 Å². The topological polar surface area (TPSA) is 69.3 Å². The minimum absolute atomic E-state index is 0.0231. The second-order valence-corrected chi connectivity index (χ2v) is 9.00. The minimum Gasteiger partial charge on any atom is -0.335 e. The van der Waals surface area contributed by atoms with Gasteiger partial charge in [-0.2, -0.15) is 0 Å². The Morgan fingerprint density at radius 1 is 1.17 bits per heavy atom. The van der Waals surface area contributed by atoms with Crippen LogP contribution in [0.2, 0.25) is 5.02 Å². The number of carbonyl (C=O) groups excluding carboxylic acids is 1. The number of rotatable bonds is 3. The molecule has 5 unspecified atom stereocenters. The quantitative estimate of drug-likeness (QED) is 0.725. The molecule has 1 aromatic heterocycles. The summed E-state index contributed by atoms with van der Waals surface area (Å²) in [5.74, 6) is 0.930. The van der Waals surface area contributed by atoms with E-state index in [1.807, 2.05) is 42.3 Å². The van der Waals surface area contributed by atoms with Crippen LogP contribution in [0.25, 0.3) is 0 Å². The molecule has 1 aliphatic carbocycles. The van der Waals surface area contributed by atoms with Gasteiger partial charge in [0.1, 0.15) is 0 Å². The van der Waals surface area contributed by atoms with Crippen LogP contribution in [0.1, 0.15) is 35.7 Å². The van der Waals surface area contributed by atoms with E-state index in [9.17, 15) is 4.79 Å². The van der Waals surface area contributed by atoms with Gasteiger partial charge in [-0.1, -0.05) is 29.8 Å². The Hall–Kier alpha value is -2.15. The molecule has 3 heterocycles. The Balaban J connectivity index is 1.31. The molecule has 152 valence electrons. The third-order valence-corrected chi connectivity index (χ3v) is 6.86. The summed E-state index contributed by atoms with van der Waals surface area (Å²) in [5.41, 5.74) is 10.3. The fourth-order valence-electron chi connectivity index (χ4n) is 5.14. The molecule has 5 rings (SSSR count). The maximum absolute atomic E-state index is 12.7. The van der Waals surface area contributed by atoms with Gasteiger partial charge < -0.3 is 10.2 Å². The Labute approximate surface area is 176 Å². The van der Waals surface area contributed by atoms with Crippen molar-refractivity contribution in [2.75, 3.05) is 6.54 Å². The molecule has 2 aromatic rings. The fourth-order valence-corrected chi connectivity index (χ4v) is 5.35. The molecule has 3 fully saturated rings. The van der Waals surface area contributed by atoms with Gasteiger partial charge in [0.15, 0.2) is 0 Å². The number of amides is 2. The van der Waals surface area contributed by atoms with E-state index in [0.717, 1.165) is 30.6 Å². The smallest absolute Gasteiger partial charge is 0.317 e. The van der Waals surface area contributed by atoms with E-state index in [-0.39, 0.29) is 18.1 Å². The van der Waals surface area contributed by atoms with Crippen LogP contribution in [0.4, 0.5) is 4.79 Å². The van der Waals surface area contributed by atoms with Crippen molar-refractivity contribution in [3.8, 4) is 0 Å². The van der Waals surface area contributed by atoms with Crippen LogP contribution in [-0.2, 0) is 6.54 Å². The molecular formula is C22H26ClN5O. The summed E-state index contributed by atoms with van der Waals surface area (Å²) in [5, 5.41) is 3.96. The van der Waals surface area contributed by atoms with Crippen LogP contribution in [0, 0.1) is 18.8 Å². The number of fused-ring (bicyclic) bond motifs is 2. The zero-order valence-corrected chi connectivity index (χ0v) is 17.2. The lowest BCUT2D eigenvalue weighted by molar-refractivity contribution is 0.0961. The molecule has 5 atom stereocenters. The van der Waals surface area contributed by atoms with Crippen LogP contribution in [-0.4, -0.2) is 34.5 Å². The molecule has 6 nitrogen and oxygen atoms in total. The third-order valence-electron chi connectivity index (χ3n) is 6.63. The van der Waals surface area contributed by atoms with Crippen LogP contribution in [0.15, 0.2) is 42.6 Å². The van der Waals surface area contributed by atoms with Crippen molar-refractivity contribution in [1.29, 1.82) is 0 Å². The molecule has 3 aliphatic rings. The number of hydrogen-bond donors (Lipinski definition) is 3. The van der Waals surface area contributed by atoms with Crippen molar-refractivity contribution in [2.24, 2.45) is 11.8 Å². The predicted octanol–water partition coefficient (Wildman–Crippen LogP) is 3.18. The van der Waals surface area contributed by atoms with Gasteiger partial charge >= 0.3 is 6.03 Å². The van der Waals surface area contributed by atoms with Gasteiger partial charge in [0, 0.05) is 42.1 Å². The third kappa shape index (κ3) is 3.72. The Morgan fingerprint density at radius 2 is 2.07 bits per heavy atom. The monoisotopic (exact) mass is 411 g/mol. The fraction of sp³-hybridized carbons (Fsp3) is 0.455. The van der Waals surface area contributed by atoms with E-state index < -0.39 is 0 Å². The lowest BCUT2D eigenvalue weighted by Crippen LogP contribution is -2.60. The van der Waals surface area contributed by atoms with Gasteiger partial charge in [-0.25, -0.2) is 10.2 Å². The van der Waals surface area contributed by atoms with Crippen LogP contribution in [0.5, 0.6) is 0 Å². The van der Waals surface area contributed by atoms with E-state index in [1.165, 1.54) is 5.56 Å². The van der Waals surface area contributed by atoms with E-state index in [0.29, 0.717) is 29.4 Å². The van der Waals surface area contributed by atoms with Crippen LogP contribution < -0.4 is 16.2 Å².